The molecule has 0 aliphatic heterocycles. The summed E-state index contributed by atoms with van der Waals surface area (Å²) in [6.45, 7) is 4.31. The molecule has 0 heterocycles. The molecule has 2 atom stereocenters. The summed E-state index contributed by atoms with van der Waals surface area (Å²) in [4.78, 5) is 12.4. The van der Waals surface area contributed by atoms with Crippen molar-refractivity contribution in [2.45, 2.75) is 276 Å². The highest BCUT2D eigenvalue weighted by atomic mass is 16.3. The average molecular weight is 798 g/mol. The van der Waals surface area contributed by atoms with Crippen LogP contribution in [0.2, 0.25) is 0 Å². The third-order valence-corrected chi connectivity index (χ3v) is 11.5. The Bertz CT molecular complexity index is 908. The largest absolute Gasteiger partial charge is 0.394 e. The molecule has 0 radical (unpaired) electrons. The van der Waals surface area contributed by atoms with Crippen molar-refractivity contribution in [3.63, 3.8) is 0 Å². The SMILES string of the molecule is CCCCCCCCCCC/C=C\C/C=C\CCCCCCCCCCCC(=O)NC(CO)C(O)/C=C/CC/C=C/CCCCCCCCCCCCCCCC. The van der Waals surface area contributed by atoms with Crippen LogP contribution in [0.25, 0.3) is 0 Å². The monoisotopic (exact) mass is 798 g/mol. The molecule has 0 bridgehead atoms. The second-order valence-corrected chi connectivity index (χ2v) is 17.2. The maximum atomic E-state index is 12.4. The molecule has 0 aliphatic rings. The summed E-state index contributed by atoms with van der Waals surface area (Å²) in [5, 5.41) is 23.1. The van der Waals surface area contributed by atoms with Gasteiger partial charge in [-0.1, -0.05) is 242 Å². The fraction of sp³-hybridized carbons (Fsp3) is 0.830. The normalized spacial score (nSPS) is 13.3. The predicted octanol–water partition coefficient (Wildman–Crippen LogP) is 16.3. The van der Waals surface area contributed by atoms with Gasteiger partial charge in [0.15, 0.2) is 0 Å². The van der Waals surface area contributed by atoms with Crippen molar-refractivity contribution in [2.75, 3.05) is 6.61 Å². The van der Waals surface area contributed by atoms with Crippen LogP contribution in [0.1, 0.15) is 264 Å². The van der Waals surface area contributed by atoms with Crippen LogP contribution in [0.15, 0.2) is 48.6 Å². The van der Waals surface area contributed by atoms with Crippen LogP contribution in [0, 0.1) is 0 Å². The summed E-state index contributed by atoms with van der Waals surface area (Å²) in [5.41, 5.74) is 0. The molecule has 4 nitrogen and oxygen atoms in total. The number of aliphatic hydroxyl groups is 2. The molecule has 0 spiro atoms. The zero-order valence-electron chi connectivity index (χ0n) is 38.4. The first kappa shape index (κ1) is 55.4. The van der Waals surface area contributed by atoms with Crippen molar-refractivity contribution in [2.24, 2.45) is 0 Å². The van der Waals surface area contributed by atoms with E-state index >= 15 is 0 Å². The number of carbonyl (C=O) groups excluding carboxylic acids is 1. The van der Waals surface area contributed by atoms with Gasteiger partial charge in [0.2, 0.25) is 5.91 Å². The molecule has 0 fully saturated rings. The first-order chi connectivity index (χ1) is 28.2. The van der Waals surface area contributed by atoms with E-state index in [1.54, 1.807) is 6.08 Å². The van der Waals surface area contributed by atoms with Gasteiger partial charge in [0.25, 0.3) is 0 Å². The maximum absolute atomic E-state index is 12.4. The zero-order valence-corrected chi connectivity index (χ0v) is 38.4. The Morgan fingerprint density at radius 2 is 0.737 bits per heavy atom. The lowest BCUT2D eigenvalue weighted by molar-refractivity contribution is -0.123. The molecule has 3 N–H and O–H groups in total. The maximum Gasteiger partial charge on any atom is 0.220 e. The van der Waals surface area contributed by atoms with Gasteiger partial charge in [-0.2, -0.15) is 0 Å². The molecule has 334 valence electrons. The van der Waals surface area contributed by atoms with Gasteiger partial charge in [0.05, 0.1) is 18.8 Å². The van der Waals surface area contributed by atoms with Crippen LogP contribution < -0.4 is 5.32 Å². The van der Waals surface area contributed by atoms with E-state index in [1.807, 2.05) is 6.08 Å². The molecule has 2 unspecified atom stereocenters. The topological polar surface area (TPSA) is 69.6 Å². The lowest BCUT2D eigenvalue weighted by Gasteiger charge is -2.19. The number of amides is 1. The minimum absolute atomic E-state index is 0.0768. The molecule has 0 aromatic carbocycles. The number of carbonyl (C=O) groups is 1. The van der Waals surface area contributed by atoms with E-state index < -0.39 is 12.1 Å². The zero-order chi connectivity index (χ0) is 41.4. The van der Waals surface area contributed by atoms with Crippen LogP contribution in [-0.4, -0.2) is 34.9 Å². The second kappa shape index (κ2) is 48.7. The molecular formula is C53H99NO3. The summed E-state index contributed by atoms with van der Waals surface area (Å²) >= 11 is 0. The number of hydrogen-bond donors (Lipinski definition) is 3. The second-order valence-electron chi connectivity index (χ2n) is 17.2. The van der Waals surface area contributed by atoms with Gasteiger partial charge in [0, 0.05) is 6.42 Å². The molecule has 4 heteroatoms. The van der Waals surface area contributed by atoms with E-state index in [-0.39, 0.29) is 12.5 Å². The Morgan fingerprint density at radius 1 is 0.421 bits per heavy atom. The molecule has 0 aliphatic carbocycles. The van der Waals surface area contributed by atoms with Crippen LogP contribution in [-0.2, 0) is 4.79 Å². The van der Waals surface area contributed by atoms with E-state index in [2.05, 4.69) is 55.6 Å². The third-order valence-electron chi connectivity index (χ3n) is 11.5. The van der Waals surface area contributed by atoms with Crippen LogP contribution in [0.5, 0.6) is 0 Å². The highest BCUT2D eigenvalue weighted by Crippen LogP contribution is 2.15. The Balaban J connectivity index is 3.58. The van der Waals surface area contributed by atoms with E-state index in [9.17, 15) is 15.0 Å². The van der Waals surface area contributed by atoms with Crippen molar-refractivity contribution in [3.8, 4) is 0 Å². The van der Waals surface area contributed by atoms with E-state index in [1.165, 1.54) is 205 Å². The summed E-state index contributed by atoms with van der Waals surface area (Å²) < 4.78 is 0. The van der Waals surface area contributed by atoms with Gasteiger partial charge in [-0.25, -0.2) is 0 Å². The first-order valence-corrected chi connectivity index (χ1v) is 25.4. The molecule has 0 saturated heterocycles. The number of unbranched alkanes of at least 4 members (excludes halogenated alkanes) is 33. The number of nitrogens with one attached hydrogen (secondary N) is 1. The lowest BCUT2D eigenvalue weighted by Crippen LogP contribution is -2.45. The van der Waals surface area contributed by atoms with E-state index in [4.69, 9.17) is 0 Å². The number of rotatable bonds is 46. The smallest absolute Gasteiger partial charge is 0.220 e. The Labute approximate surface area is 356 Å². The van der Waals surface area contributed by atoms with Crippen molar-refractivity contribution in [1.29, 1.82) is 0 Å². The first-order valence-electron chi connectivity index (χ1n) is 25.4. The van der Waals surface area contributed by atoms with E-state index in [0.717, 1.165) is 38.5 Å². The van der Waals surface area contributed by atoms with Crippen molar-refractivity contribution in [3.05, 3.63) is 48.6 Å². The Kier molecular flexibility index (Phi) is 47.3. The predicted molar refractivity (Wildman–Crippen MR) is 253 cm³/mol. The van der Waals surface area contributed by atoms with Gasteiger partial charge in [-0.15, -0.1) is 0 Å². The third kappa shape index (κ3) is 45.3. The fourth-order valence-electron chi connectivity index (χ4n) is 7.64. The standard InChI is InChI=1S/C53H99NO3/c1-3-5-7-9-11-13-15-17-19-21-23-25-26-27-28-29-31-33-35-37-39-41-43-45-47-49-53(57)54-51(50-55)52(56)48-46-44-42-40-38-36-34-32-30-24-22-20-18-16-14-12-10-8-6-4-2/h23,25,27-28,38,40,46,48,51-52,55-56H,3-22,24,26,29-37,39,41-45,47,49-50H2,1-2H3,(H,54,57)/b25-23-,28-27-,40-38+,48-46+. The molecule has 0 rings (SSSR count). The molecular weight excluding hydrogens is 699 g/mol. The fourth-order valence-corrected chi connectivity index (χ4v) is 7.64. The van der Waals surface area contributed by atoms with Gasteiger partial charge >= 0.3 is 0 Å². The van der Waals surface area contributed by atoms with Crippen molar-refractivity contribution in [1.82, 2.24) is 5.32 Å². The summed E-state index contributed by atoms with van der Waals surface area (Å²) in [6.07, 6.45) is 66.7. The molecule has 0 aromatic rings. The van der Waals surface area contributed by atoms with Crippen LogP contribution in [0.4, 0.5) is 0 Å². The minimum atomic E-state index is -0.865. The van der Waals surface area contributed by atoms with Crippen LogP contribution >= 0.6 is 0 Å². The summed E-state index contributed by atoms with van der Waals surface area (Å²) in [6, 6.07) is -0.642. The van der Waals surface area contributed by atoms with Crippen LogP contribution in [0.3, 0.4) is 0 Å². The lowest BCUT2D eigenvalue weighted by atomic mass is 10.0. The van der Waals surface area contributed by atoms with Gasteiger partial charge in [-0.3, -0.25) is 4.79 Å². The van der Waals surface area contributed by atoms with Crippen molar-refractivity contribution < 1.29 is 15.0 Å². The summed E-state index contributed by atoms with van der Waals surface area (Å²) in [7, 11) is 0. The highest BCUT2D eigenvalue weighted by Gasteiger charge is 2.17. The van der Waals surface area contributed by atoms with E-state index in [0.29, 0.717) is 6.42 Å². The molecule has 0 saturated carbocycles. The Morgan fingerprint density at radius 3 is 1.12 bits per heavy atom. The minimum Gasteiger partial charge on any atom is -0.394 e. The van der Waals surface area contributed by atoms with Gasteiger partial charge in [0.1, 0.15) is 0 Å². The number of allylic oxidation sites excluding steroid dienone is 7. The molecule has 1 amide bonds. The highest BCUT2D eigenvalue weighted by molar-refractivity contribution is 5.76. The Hall–Kier alpha value is -1.65. The molecule has 0 aromatic heterocycles. The van der Waals surface area contributed by atoms with Gasteiger partial charge < -0.3 is 15.5 Å². The number of aliphatic hydroxyl groups excluding tert-OH is 2. The van der Waals surface area contributed by atoms with Gasteiger partial charge in [-0.05, 0) is 64.2 Å². The average Bonchev–Trinajstić information content (AvgIpc) is 3.22. The summed E-state index contributed by atoms with van der Waals surface area (Å²) in [5.74, 6) is -0.0768. The quantitative estimate of drug-likeness (QED) is 0.0424. The van der Waals surface area contributed by atoms with Crippen molar-refractivity contribution >= 4 is 5.91 Å². The molecule has 57 heavy (non-hydrogen) atoms. The number of hydrogen-bond acceptors (Lipinski definition) is 3.